The second-order valence-corrected chi connectivity index (χ2v) is 4.09. The number of pyridine rings is 1. The summed E-state index contributed by atoms with van der Waals surface area (Å²) in [5.74, 6) is -0.841. The van der Waals surface area contributed by atoms with Crippen molar-refractivity contribution in [3.8, 4) is 23.0 Å². The number of nitrogens with zero attached hydrogens (tertiary/aromatic N) is 4. The Labute approximate surface area is 117 Å². The molecule has 0 saturated heterocycles. The minimum atomic E-state index is -0.571. The van der Waals surface area contributed by atoms with Crippen LogP contribution >= 0.6 is 0 Å². The fourth-order valence-electron chi connectivity index (χ4n) is 1.72. The molecule has 5 nitrogen and oxygen atoms in total. The first-order valence-corrected chi connectivity index (χ1v) is 5.80. The highest BCUT2D eigenvalue weighted by atomic mass is 19.1. The first-order chi connectivity index (χ1) is 10.2. The van der Waals surface area contributed by atoms with Gasteiger partial charge in [-0.3, -0.25) is 0 Å². The van der Waals surface area contributed by atoms with Gasteiger partial charge >= 0.3 is 0 Å². The Hall–Kier alpha value is -3.14. The van der Waals surface area contributed by atoms with Crippen LogP contribution in [-0.2, 0) is 0 Å². The molecule has 0 aliphatic heterocycles. The van der Waals surface area contributed by atoms with Gasteiger partial charge in [0.15, 0.2) is 5.69 Å². The van der Waals surface area contributed by atoms with E-state index in [0.717, 1.165) is 12.3 Å². The number of hydrogen-bond donors (Lipinski definition) is 0. The predicted molar refractivity (Wildman–Crippen MR) is 69.1 cm³/mol. The zero-order valence-electron chi connectivity index (χ0n) is 10.4. The standard InChI is InChI=1S/C14H6F2N4O/c1-17-11-5-8(4-10(16)6-11)14-19-13(20-21-14)12-3-2-9(15)7-18-12/h2-7H. The quantitative estimate of drug-likeness (QED) is 0.674. The fourth-order valence-corrected chi connectivity index (χ4v) is 1.72. The van der Waals surface area contributed by atoms with E-state index in [9.17, 15) is 8.78 Å². The molecule has 0 N–H and O–H groups in total. The summed E-state index contributed by atoms with van der Waals surface area (Å²) in [6, 6.07) is 6.35. The van der Waals surface area contributed by atoms with E-state index >= 15 is 0 Å². The maximum atomic E-state index is 13.4. The van der Waals surface area contributed by atoms with Gasteiger partial charge in [-0.05, 0) is 30.3 Å². The Balaban J connectivity index is 2.00. The average molecular weight is 284 g/mol. The minimum absolute atomic E-state index is 0.0560. The molecule has 0 spiro atoms. The smallest absolute Gasteiger partial charge is 0.257 e. The second-order valence-electron chi connectivity index (χ2n) is 4.09. The van der Waals surface area contributed by atoms with E-state index in [4.69, 9.17) is 11.1 Å². The van der Waals surface area contributed by atoms with Crippen molar-refractivity contribution in [2.24, 2.45) is 0 Å². The molecule has 21 heavy (non-hydrogen) atoms. The van der Waals surface area contributed by atoms with Crippen molar-refractivity contribution in [2.45, 2.75) is 0 Å². The van der Waals surface area contributed by atoms with Crippen LogP contribution in [-0.4, -0.2) is 15.1 Å². The monoisotopic (exact) mass is 284 g/mol. The molecule has 0 radical (unpaired) electrons. The van der Waals surface area contributed by atoms with Gasteiger partial charge in [-0.2, -0.15) is 4.98 Å². The van der Waals surface area contributed by atoms with Crippen molar-refractivity contribution in [1.29, 1.82) is 0 Å². The van der Waals surface area contributed by atoms with Crippen LogP contribution in [0.2, 0.25) is 0 Å². The predicted octanol–water partition coefficient (Wildman–Crippen LogP) is 3.63. The lowest BCUT2D eigenvalue weighted by Gasteiger charge is -1.96. The normalized spacial score (nSPS) is 10.3. The Kier molecular flexibility index (Phi) is 3.12. The summed E-state index contributed by atoms with van der Waals surface area (Å²) >= 11 is 0. The van der Waals surface area contributed by atoms with Crippen molar-refractivity contribution < 1.29 is 13.3 Å². The summed E-state index contributed by atoms with van der Waals surface area (Å²) in [4.78, 5) is 11.0. The van der Waals surface area contributed by atoms with Gasteiger partial charge in [-0.25, -0.2) is 18.6 Å². The maximum absolute atomic E-state index is 13.4. The van der Waals surface area contributed by atoms with Crippen LogP contribution in [0.1, 0.15) is 0 Å². The van der Waals surface area contributed by atoms with E-state index in [2.05, 4.69) is 20.0 Å². The molecule has 0 aliphatic carbocycles. The molecule has 2 aromatic heterocycles. The number of halogens is 2. The highest BCUT2D eigenvalue weighted by Gasteiger charge is 2.13. The molecule has 2 heterocycles. The van der Waals surface area contributed by atoms with Crippen molar-refractivity contribution in [2.75, 3.05) is 0 Å². The zero-order chi connectivity index (χ0) is 14.8. The van der Waals surface area contributed by atoms with Gasteiger partial charge in [0.1, 0.15) is 17.3 Å². The molecule has 3 aromatic rings. The highest BCUT2D eigenvalue weighted by Crippen LogP contribution is 2.26. The number of benzene rings is 1. The molecule has 0 unspecified atom stereocenters. The van der Waals surface area contributed by atoms with Crippen LogP contribution in [0, 0.1) is 18.2 Å². The van der Waals surface area contributed by atoms with Gasteiger partial charge in [-0.1, -0.05) is 5.16 Å². The average Bonchev–Trinajstić information content (AvgIpc) is 2.97. The summed E-state index contributed by atoms with van der Waals surface area (Å²) < 4.78 is 31.2. The van der Waals surface area contributed by atoms with E-state index in [1.807, 2.05) is 0 Å². The lowest BCUT2D eigenvalue weighted by molar-refractivity contribution is 0.432. The molecule has 0 aliphatic rings. The summed E-state index contributed by atoms with van der Waals surface area (Å²) in [5.41, 5.74) is 0.750. The van der Waals surface area contributed by atoms with E-state index in [1.165, 1.54) is 24.3 Å². The Morgan fingerprint density at radius 2 is 1.95 bits per heavy atom. The SMILES string of the molecule is [C-]#[N+]c1cc(F)cc(-c2nc(-c3ccc(F)cn3)no2)c1. The topological polar surface area (TPSA) is 56.2 Å². The summed E-state index contributed by atoms with van der Waals surface area (Å²) in [7, 11) is 0. The second kappa shape index (κ2) is 5.09. The molecule has 0 atom stereocenters. The maximum Gasteiger partial charge on any atom is 0.257 e. The van der Waals surface area contributed by atoms with Crippen LogP contribution in [0.25, 0.3) is 27.8 Å². The highest BCUT2D eigenvalue weighted by molar-refractivity contribution is 5.63. The Morgan fingerprint density at radius 3 is 2.67 bits per heavy atom. The van der Waals surface area contributed by atoms with Crippen molar-refractivity contribution in [1.82, 2.24) is 15.1 Å². The number of rotatable bonds is 2. The zero-order valence-corrected chi connectivity index (χ0v) is 10.4. The van der Waals surface area contributed by atoms with Gasteiger partial charge in [-0.15, -0.1) is 0 Å². The molecule has 3 rings (SSSR count). The van der Waals surface area contributed by atoms with E-state index in [0.29, 0.717) is 11.3 Å². The number of hydrogen-bond acceptors (Lipinski definition) is 4. The molecular weight excluding hydrogens is 278 g/mol. The molecule has 0 fully saturated rings. The Morgan fingerprint density at radius 1 is 1.10 bits per heavy atom. The Bertz CT molecular complexity index is 837. The summed E-state index contributed by atoms with van der Waals surface area (Å²) in [6.45, 7) is 6.91. The number of aromatic nitrogens is 3. The third kappa shape index (κ3) is 2.60. The van der Waals surface area contributed by atoms with Gasteiger partial charge in [0, 0.05) is 5.56 Å². The molecule has 0 bridgehead atoms. The first-order valence-electron chi connectivity index (χ1n) is 5.80. The molecule has 7 heteroatoms. The largest absolute Gasteiger partial charge is 0.334 e. The van der Waals surface area contributed by atoms with Gasteiger partial charge in [0.25, 0.3) is 5.89 Å². The third-order valence-electron chi connectivity index (χ3n) is 2.64. The molecular formula is C14H6F2N4O. The van der Waals surface area contributed by atoms with Gasteiger partial charge < -0.3 is 4.52 Å². The lowest BCUT2D eigenvalue weighted by Crippen LogP contribution is -1.86. The van der Waals surface area contributed by atoms with Crippen LogP contribution in [0.15, 0.2) is 41.1 Å². The van der Waals surface area contributed by atoms with E-state index in [1.54, 1.807) is 0 Å². The lowest BCUT2D eigenvalue weighted by atomic mass is 10.2. The molecule has 0 saturated carbocycles. The molecule has 0 amide bonds. The molecule has 102 valence electrons. The first kappa shape index (κ1) is 12.9. The van der Waals surface area contributed by atoms with Crippen LogP contribution in [0.4, 0.5) is 14.5 Å². The van der Waals surface area contributed by atoms with Crippen LogP contribution in [0.3, 0.4) is 0 Å². The van der Waals surface area contributed by atoms with Crippen LogP contribution in [0.5, 0.6) is 0 Å². The van der Waals surface area contributed by atoms with E-state index in [-0.39, 0.29) is 17.4 Å². The van der Waals surface area contributed by atoms with Crippen molar-refractivity contribution in [3.63, 3.8) is 0 Å². The van der Waals surface area contributed by atoms with Crippen molar-refractivity contribution in [3.05, 3.63) is 59.6 Å². The molecule has 1 aromatic carbocycles. The third-order valence-corrected chi connectivity index (χ3v) is 2.64. The van der Waals surface area contributed by atoms with Gasteiger partial charge in [0.2, 0.25) is 5.82 Å². The summed E-state index contributed by atoms with van der Waals surface area (Å²) in [5, 5.41) is 3.71. The summed E-state index contributed by atoms with van der Waals surface area (Å²) in [6.07, 6.45) is 1.03. The van der Waals surface area contributed by atoms with Crippen LogP contribution < -0.4 is 0 Å². The minimum Gasteiger partial charge on any atom is -0.334 e. The van der Waals surface area contributed by atoms with E-state index < -0.39 is 11.6 Å². The van der Waals surface area contributed by atoms with Crippen molar-refractivity contribution >= 4 is 5.69 Å². The fraction of sp³-hybridized carbons (Fsp3) is 0. The van der Waals surface area contributed by atoms with Gasteiger partial charge in [0.05, 0.1) is 12.8 Å².